The zero-order chi connectivity index (χ0) is 20.9. The lowest BCUT2D eigenvalue weighted by atomic mass is 10.1. The molecule has 1 atom stereocenters. The fourth-order valence-corrected chi connectivity index (χ4v) is 3.25. The van der Waals surface area contributed by atoms with Gasteiger partial charge in [-0.25, -0.2) is 9.37 Å². The lowest BCUT2D eigenvalue weighted by Crippen LogP contribution is -2.29. The molecule has 2 aromatic heterocycles. The summed E-state index contributed by atoms with van der Waals surface area (Å²) in [5.74, 6) is -1.09. The van der Waals surface area contributed by atoms with Gasteiger partial charge in [0.1, 0.15) is 12.4 Å². The molecule has 3 heterocycles. The van der Waals surface area contributed by atoms with Crippen LogP contribution in [0, 0.1) is 11.7 Å². The molecule has 3 aromatic rings. The van der Waals surface area contributed by atoms with E-state index in [1.165, 1.54) is 17.0 Å². The highest BCUT2D eigenvalue weighted by Gasteiger charge is 2.36. The predicted octanol–water partition coefficient (Wildman–Crippen LogP) is 3.19. The molecule has 7 nitrogen and oxygen atoms in total. The number of anilines is 2. The molecule has 0 radical (unpaired) electrons. The highest BCUT2D eigenvalue weighted by atomic mass is 19.1. The molecule has 0 saturated carbocycles. The normalized spacial score (nSPS) is 15.8. The predicted molar refractivity (Wildman–Crippen MR) is 108 cm³/mol. The van der Waals surface area contributed by atoms with Gasteiger partial charge in [-0.3, -0.25) is 14.6 Å². The number of hydrogen-bond donors (Lipinski definition) is 1. The summed E-state index contributed by atoms with van der Waals surface area (Å²) >= 11 is 0. The average Bonchev–Trinajstić information content (AvgIpc) is 3.16. The van der Waals surface area contributed by atoms with Crippen molar-refractivity contribution in [1.29, 1.82) is 0 Å². The monoisotopic (exact) mass is 406 g/mol. The SMILES string of the molecule is O=C(Nc1ncccc1OCc1ccncc1)C1CC(=O)N(c2ccccc2F)C1. The number of aromatic nitrogens is 2. The number of amides is 2. The van der Waals surface area contributed by atoms with Crippen molar-refractivity contribution in [2.45, 2.75) is 13.0 Å². The first kappa shape index (κ1) is 19.5. The van der Waals surface area contributed by atoms with Gasteiger partial charge in [0.05, 0.1) is 11.6 Å². The number of pyridine rings is 2. The van der Waals surface area contributed by atoms with Crippen LogP contribution in [0.25, 0.3) is 0 Å². The fourth-order valence-electron chi connectivity index (χ4n) is 3.25. The van der Waals surface area contributed by atoms with Crippen molar-refractivity contribution < 1.29 is 18.7 Å². The molecule has 1 aliphatic rings. The molecular weight excluding hydrogens is 387 g/mol. The van der Waals surface area contributed by atoms with Gasteiger partial charge < -0.3 is 15.0 Å². The molecule has 1 fully saturated rings. The Morgan fingerprint density at radius 2 is 1.93 bits per heavy atom. The number of ether oxygens (including phenoxy) is 1. The second-order valence-electron chi connectivity index (χ2n) is 6.84. The van der Waals surface area contributed by atoms with Crippen molar-refractivity contribution in [2.75, 3.05) is 16.8 Å². The minimum absolute atomic E-state index is 0.000205. The van der Waals surface area contributed by atoms with Crippen LogP contribution in [-0.4, -0.2) is 28.3 Å². The van der Waals surface area contributed by atoms with Crippen LogP contribution in [0.3, 0.4) is 0 Å². The third-order valence-corrected chi connectivity index (χ3v) is 4.80. The summed E-state index contributed by atoms with van der Waals surface area (Å²) in [6.07, 6.45) is 4.88. The van der Waals surface area contributed by atoms with Gasteiger partial charge in [-0.15, -0.1) is 0 Å². The summed E-state index contributed by atoms with van der Waals surface area (Å²) in [4.78, 5) is 34.6. The number of rotatable bonds is 6. The first-order valence-corrected chi connectivity index (χ1v) is 9.44. The third kappa shape index (κ3) is 4.27. The molecule has 1 aromatic carbocycles. The fraction of sp³-hybridized carbons (Fsp3) is 0.182. The number of hydrogen-bond acceptors (Lipinski definition) is 5. The van der Waals surface area contributed by atoms with Crippen molar-refractivity contribution in [3.05, 3.63) is 78.5 Å². The summed E-state index contributed by atoms with van der Waals surface area (Å²) in [6, 6.07) is 13.1. The summed E-state index contributed by atoms with van der Waals surface area (Å²) < 4.78 is 19.8. The lowest BCUT2D eigenvalue weighted by Gasteiger charge is -2.17. The van der Waals surface area contributed by atoms with E-state index in [-0.39, 0.29) is 36.3 Å². The van der Waals surface area contributed by atoms with Gasteiger partial charge in [0.15, 0.2) is 11.6 Å². The lowest BCUT2D eigenvalue weighted by molar-refractivity contribution is -0.122. The van der Waals surface area contributed by atoms with Gasteiger partial charge in [0.2, 0.25) is 11.8 Å². The molecule has 4 rings (SSSR count). The quantitative estimate of drug-likeness (QED) is 0.680. The zero-order valence-electron chi connectivity index (χ0n) is 16.0. The van der Waals surface area contributed by atoms with Crippen LogP contribution in [0.4, 0.5) is 15.9 Å². The highest BCUT2D eigenvalue weighted by Crippen LogP contribution is 2.29. The van der Waals surface area contributed by atoms with Crippen LogP contribution >= 0.6 is 0 Å². The first-order chi connectivity index (χ1) is 14.6. The third-order valence-electron chi connectivity index (χ3n) is 4.80. The Morgan fingerprint density at radius 3 is 2.73 bits per heavy atom. The van der Waals surface area contributed by atoms with Crippen LogP contribution in [0.5, 0.6) is 5.75 Å². The average molecular weight is 406 g/mol. The van der Waals surface area contributed by atoms with Crippen molar-refractivity contribution in [3.8, 4) is 5.75 Å². The summed E-state index contributed by atoms with van der Waals surface area (Å²) in [5.41, 5.74) is 1.10. The topological polar surface area (TPSA) is 84.4 Å². The van der Waals surface area contributed by atoms with Crippen LogP contribution in [-0.2, 0) is 16.2 Å². The summed E-state index contributed by atoms with van der Waals surface area (Å²) in [5, 5.41) is 2.74. The molecule has 1 unspecified atom stereocenters. The van der Waals surface area contributed by atoms with Crippen LogP contribution in [0.2, 0.25) is 0 Å². The van der Waals surface area contributed by atoms with Gasteiger partial charge in [-0.05, 0) is 42.0 Å². The van der Waals surface area contributed by atoms with Crippen molar-refractivity contribution in [1.82, 2.24) is 9.97 Å². The molecule has 8 heteroatoms. The molecule has 1 saturated heterocycles. The van der Waals surface area contributed by atoms with Gasteiger partial charge in [0, 0.05) is 31.6 Å². The van der Waals surface area contributed by atoms with E-state index >= 15 is 0 Å². The van der Waals surface area contributed by atoms with E-state index in [0.717, 1.165) is 5.56 Å². The van der Waals surface area contributed by atoms with E-state index in [4.69, 9.17) is 4.74 Å². The molecule has 0 aliphatic carbocycles. The van der Waals surface area contributed by atoms with Gasteiger partial charge >= 0.3 is 0 Å². The second-order valence-corrected chi connectivity index (χ2v) is 6.84. The number of halogens is 1. The van der Waals surface area contributed by atoms with E-state index in [9.17, 15) is 14.0 Å². The molecular formula is C22H19FN4O3. The molecule has 0 bridgehead atoms. The van der Waals surface area contributed by atoms with Crippen molar-refractivity contribution in [2.24, 2.45) is 5.92 Å². The first-order valence-electron chi connectivity index (χ1n) is 9.44. The van der Waals surface area contributed by atoms with Crippen LogP contribution in [0.1, 0.15) is 12.0 Å². The number of carbonyl (C=O) groups excluding carboxylic acids is 2. The number of nitrogens with one attached hydrogen (secondary N) is 1. The van der Waals surface area contributed by atoms with E-state index < -0.39 is 11.7 Å². The summed E-state index contributed by atoms with van der Waals surface area (Å²) in [6.45, 7) is 0.395. The number of para-hydroxylation sites is 1. The van der Waals surface area contributed by atoms with Gasteiger partial charge in [0.25, 0.3) is 0 Å². The smallest absolute Gasteiger partial charge is 0.231 e. The largest absolute Gasteiger partial charge is 0.485 e. The van der Waals surface area contributed by atoms with Crippen LogP contribution in [0.15, 0.2) is 67.1 Å². The zero-order valence-corrected chi connectivity index (χ0v) is 16.0. The Kier molecular flexibility index (Phi) is 5.65. The standard InChI is InChI=1S/C22H19FN4O3/c23-17-4-1-2-5-18(17)27-13-16(12-20(27)28)22(29)26-21-19(6-3-9-25-21)30-14-15-7-10-24-11-8-15/h1-11,16H,12-14H2,(H,25,26,29). The van der Waals surface area contributed by atoms with Crippen molar-refractivity contribution in [3.63, 3.8) is 0 Å². The summed E-state index contributed by atoms with van der Waals surface area (Å²) in [7, 11) is 0. The second kappa shape index (κ2) is 8.69. The maximum Gasteiger partial charge on any atom is 0.231 e. The van der Waals surface area contributed by atoms with E-state index in [2.05, 4.69) is 15.3 Å². The molecule has 1 aliphatic heterocycles. The van der Waals surface area contributed by atoms with E-state index in [1.807, 2.05) is 12.1 Å². The van der Waals surface area contributed by atoms with E-state index in [0.29, 0.717) is 12.4 Å². The minimum Gasteiger partial charge on any atom is -0.485 e. The highest BCUT2D eigenvalue weighted by molar-refractivity contribution is 6.03. The molecule has 2 amide bonds. The maximum absolute atomic E-state index is 14.0. The number of benzene rings is 1. The molecule has 1 N–H and O–H groups in total. The Bertz CT molecular complexity index is 1060. The van der Waals surface area contributed by atoms with Crippen LogP contribution < -0.4 is 15.0 Å². The Balaban J connectivity index is 1.43. The molecule has 0 spiro atoms. The Labute approximate surface area is 172 Å². The molecule has 30 heavy (non-hydrogen) atoms. The maximum atomic E-state index is 14.0. The van der Waals surface area contributed by atoms with Gasteiger partial charge in [-0.2, -0.15) is 0 Å². The minimum atomic E-state index is -0.618. The Hall–Kier alpha value is -3.81. The van der Waals surface area contributed by atoms with E-state index in [1.54, 1.807) is 42.9 Å². The Morgan fingerprint density at radius 1 is 1.13 bits per heavy atom. The number of carbonyl (C=O) groups is 2. The molecule has 152 valence electrons. The van der Waals surface area contributed by atoms with Gasteiger partial charge in [-0.1, -0.05) is 12.1 Å². The number of nitrogens with zero attached hydrogens (tertiary/aromatic N) is 3. The van der Waals surface area contributed by atoms with Crippen molar-refractivity contribution >= 4 is 23.3 Å².